The molecule has 3 aromatic rings. The number of hydrogen-bond donors (Lipinski definition) is 1. The zero-order valence-corrected chi connectivity index (χ0v) is 16.9. The monoisotopic (exact) mass is 446 g/mol. The quantitative estimate of drug-likeness (QED) is 0.408. The number of hydrogen-bond acceptors (Lipinski definition) is 4. The van der Waals surface area contributed by atoms with Crippen LogP contribution in [0.3, 0.4) is 0 Å². The zero-order valence-electron chi connectivity index (χ0n) is 16.9. The van der Waals surface area contributed by atoms with Crippen LogP contribution in [-0.2, 0) is 12.7 Å². The summed E-state index contributed by atoms with van der Waals surface area (Å²) in [7, 11) is 0. The van der Waals surface area contributed by atoms with Gasteiger partial charge in [0.1, 0.15) is 12.1 Å². The lowest BCUT2D eigenvalue weighted by molar-refractivity contribution is -0.137. The molecule has 0 bridgehead atoms. The zero-order chi connectivity index (χ0) is 23.3. The predicted molar refractivity (Wildman–Crippen MR) is 109 cm³/mol. The maximum Gasteiger partial charge on any atom is 0.416 e. The van der Waals surface area contributed by atoms with Gasteiger partial charge in [-0.3, -0.25) is 9.59 Å². The molecule has 0 aliphatic heterocycles. The number of rotatable bonds is 7. The average molecular weight is 446 g/mol. The minimum absolute atomic E-state index is 0.108. The van der Waals surface area contributed by atoms with E-state index in [1.54, 1.807) is 43.5 Å². The Morgan fingerprint density at radius 2 is 1.91 bits per heavy atom. The van der Waals surface area contributed by atoms with Crippen molar-refractivity contribution < 1.29 is 31.9 Å². The first kappa shape index (κ1) is 22.9. The maximum atomic E-state index is 14.1. The van der Waals surface area contributed by atoms with Gasteiger partial charge in [-0.15, -0.1) is 0 Å². The van der Waals surface area contributed by atoms with Crippen molar-refractivity contribution in [3.05, 3.63) is 82.8 Å². The van der Waals surface area contributed by atoms with Gasteiger partial charge in [0.2, 0.25) is 5.88 Å². The number of pyridine rings is 1. The van der Waals surface area contributed by atoms with Crippen LogP contribution >= 0.6 is 0 Å². The van der Waals surface area contributed by atoms with Crippen molar-refractivity contribution in [1.82, 2.24) is 10.3 Å². The largest absolute Gasteiger partial charge is 0.478 e. The fourth-order valence-electron chi connectivity index (χ4n) is 2.99. The van der Waals surface area contributed by atoms with Crippen LogP contribution in [0.15, 0.2) is 54.7 Å². The van der Waals surface area contributed by atoms with E-state index in [1.165, 1.54) is 0 Å². The van der Waals surface area contributed by atoms with Crippen molar-refractivity contribution in [3.63, 3.8) is 0 Å². The van der Waals surface area contributed by atoms with Gasteiger partial charge in [-0.05, 0) is 42.8 Å². The first-order valence-electron chi connectivity index (χ1n) is 9.55. The second-order valence-electron chi connectivity index (χ2n) is 6.74. The normalized spacial score (nSPS) is 11.2. The molecule has 0 saturated heterocycles. The maximum absolute atomic E-state index is 14.1. The fourth-order valence-corrected chi connectivity index (χ4v) is 2.99. The number of nitrogens with one attached hydrogen (secondary N) is 1. The molecule has 3 rings (SSSR count). The number of ether oxygens (including phenoxy) is 1. The molecule has 0 aliphatic rings. The highest BCUT2D eigenvalue weighted by atomic mass is 19.4. The van der Waals surface area contributed by atoms with E-state index in [2.05, 4.69) is 10.3 Å². The van der Waals surface area contributed by atoms with Gasteiger partial charge in [-0.1, -0.05) is 18.2 Å². The highest BCUT2D eigenvalue weighted by Crippen LogP contribution is 2.30. The summed E-state index contributed by atoms with van der Waals surface area (Å²) in [5, 5.41) is 2.48. The first-order chi connectivity index (χ1) is 15.2. The molecule has 0 radical (unpaired) electrons. The lowest BCUT2D eigenvalue weighted by Crippen LogP contribution is -2.24. The highest BCUT2D eigenvalue weighted by Gasteiger charge is 2.31. The molecule has 1 amide bonds. The van der Waals surface area contributed by atoms with Crippen LogP contribution in [0.2, 0.25) is 0 Å². The lowest BCUT2D eigenvalue weighted by atomic mass is 10.0. The fraction of sp³-hybridized carbons (Fsp3) is 0.174. The van der Waals surface area contributed by atoms with Gasteiger partial charge >= 0.3 is 6.18 Å². The summed E-state index contributed by atoms with van der Waals surface area (Å²) in [6.45, 7) is 1.95. The van der Waals surface area contributed by atoms with Crippen molar-refractivity contribution in [2.45, 2.75) is 19.6 Å². The van der Waals surface area contributed by atoms with Crippen molar-refractivity contribution >= 4 is 12.2 Å². The van der Waals surface area contributed by atoms with E-state index in [9.17, 15) is 27.2 Å². The molecule has 0 saturated carbocycles. The Morgan fingerprint density at radius 3 is 2.56 bits per heavy atom. The summed E-state index contributed by atoms with van der Waals surface area (Å²) >= 11 is 0. The summed E-state index contributed by atoms with van der Waals surface area (Å²) in [6.07, 6.45) is -2.45. The van der Waals surface area contributed by atoms with E-state index in [0.717, 1.165) is 6.07 Å². The number of aldehydes is 1. The molecule has 0 aliphatic carbocycles. The number of alkyl halides is 3. The van der Waals surface area contributed by atoms with E-state index in [1.807, 2.05) is 0 Å². The number of aromatic nitrogens is 1. The van der Waals surface area contributed by atoms with Crippen LogP contribution in [0.4, 0.5) is 17.6 Å². The first-order valence-corrected chi connectivity index (χ1v) is 9.55. The van der Waals surface area contributed by atoms with Crippen LogP contribution in [-0.4, -0.2) is 23.8 Å². The smallest absolute Gasteiger partial charge is 0.416 e. The minimum atomic E-state index is -4.71. The number of carbonyl (C=O) groups is 2. The second kappa shape index (κ2) is 9.59. The Balaban J connectivity index is 1.84. The number of halogens is 4. The van der Waals surface area contributed by atoms with E-state index >= 15 is 0 Å². The molecule has 1 aromatic heterocycles. The molecule has 32 heavy (non-hydrogen) atoms. The summed E-state index contributed by atoms with van der Waals surface area (Å²) < 4.78 is 57.7. The molecule has 2 aromatic carbocycles. The predicted octanol–water partition coefficient (Wildman–Crippen LogP) is 5.05. The molecule has 1 heterocycles. The van der Waals surface area contributed by atoms with Gasteiger partial charge in [0.15, 0.2) is 0 Å². The van der Waals surface area contributed by atoms with E-state index in [0.29, 0.717) is 41.2 Å². The minimum Gasteiger partial charge on any atom is -0.478 e. The van der Waals surface area contributed by atoms with Crippen LogP contribution in [0.25, 0.3) is 11.1 Å². The van der Waals surface area contributed by atoms with E-state index in [4.69, 9.17) is 4.74 Å². The molecule has 166 valence electrons. The van der Waals surface area contributed by atoms with Crippen molar-refractivity contribution in [3.8, 4) is 17.0 Å². The number of amides is 1. The van der Waals surface area contributed by atoms with Crippen LogP contribution in [0, 0.1) is 5.82 Å². The Kier molecular flexibility index (Phi) is 6.87. The van der Waals surface area contributed by atoms with Gasteiger partial charge in [-0.2, -0.15) is 13.2 Å². The number of benzene rings is 2. The number of carbonyl (C=O) groups excluding carboxylic acids is 2. The van der Waals surface area contributed by atoms with Crippen molar-refractivity contribution in [2.75, 3.05) is 6.61 Å². The third-order valence-corrected chi connectivity index (χ3v) is 4.54. The van der Waals surface area contributed by atoms with Gasteiger partial charge in [0.05, 0.1) is 17.7 Å². The Labute approximate surface area is 181 Å². The third kappa shape index (κ3) is 5.29. The van der Waals surface area contributed by atoms with E-state index in [-0.39, 0.29) is 18.5 Å². The highest BCUT2D eigenvalue weighted by molar-refractivity contribution is 5.94. The molecule has 5 nitrogen and oxygen atoms in total. The van der Waals surface area contributed by atoms with Gasteiger partial charge < -0.3 is 10.1 Å². The van der Waals surface area contributed by atoms with E-state index < -0.39 is 29.0 Å². The van der Waals surface area contributed by atoms with Crippen LogP contribution < -0.4 is 10.1 Å². The van der Waals surface area contributed by atoms with Gasteiger partial charge in [0.25, 0.3) is 5.91 Å². The summed E-state index contributed by atoms with van der Waals surface area (Å²) in [5.74, 6) is -1.91. The molecule has 0 unspecified atom stereocenters. The second-order valence-corrected chi connectivity index (χ2v) is 6.74. The van der Waals surface area contributed by atoms with Crippen molar-refractivity contribution in [1.29, 1.82) is 0 Å². The summed E-state index contributed by atoms with van der Waals surface area (Å²) in [5.41, 5.74) is 0.623. The molecule has 0 fully saturated rings. The standard InChI is InChI=1S/C23H18F4N2O3/c1-2-32-22-17(9-16(11-29-22)15-5-3-4-14(8-15)13-30)12-28-21(31)19-7-6-18(10-20(19)24)23(25,26)27/h3-11,13H,2,12H2,1H3,(H,28,31). The lowest BCUT2D eigenvalue weighted by Gasteiger charge is -2.13. The molecule has 1 N–H and O–H groups in total. The van der Waals surface area contributed by atoms with Crippen LogP contribution in [0.5, 0.6) is 5.88 Å². The topological polar surface area (TPSA) is 68.3 Å². The van der Waals surface area contributed by atoms with Crippen molar-refractivity contribution in [2.24, 2.45) is 0 Å². The van der Waals surface area contributed by atoms with Crippen LogP contribution in [0.1, 0.15) is 38.8 Å². The molecular formula is C23H18F4N2O3. The summed E-state index contributed by atoms with van der Waals surface area (Å²) in [6, 6.07) is 10.2. The van der Waals surface area contributed by atoms with Gasteiger partial charge in [-0.25, -0.2) is 9.37 Å². The Hall–Kier alpha value is -3.75. The third-order valence-electron chi connectivity index (χ3n) is 4.54. The Morgan fingerprint density at radius 1 is 1.12 bits per heavy atom. The number of nitrogens with zero attached hydrogens (tertiary/aromatic N) is 1. The molecular weight excluding hydrogens is 428 g/mol. The SMILES string of the molecule is CCOc1ncc(-c2cccc(C=O)c2)cc1CNC(=O)c1ccc(C(F)(F)F)cc1F. The molecule has 9 heteroatoms. The molecule has 0 atom stereocenters. The summed E-state index contributed by atoms with van der Waals surface area (Å²) in [4.78, 5) is 27.7. The average Bonchev–Trinajstić information content (AvgIpc) is 2.77. The molecule has 0 spiro atoms. The van der Waals surface area contributed by atoms with Gasteiger partial charge in [0, 0.05) is 29.4 Å². The Bertz CT molecular complexity index is 1150.